The highest BCUT2D eigenvalue weighted by molar-refractivity contribution is 5.83. The van der Waals surface area contributed by atoms with Crippen molar-refractivity contribution in [3.63, 3.8) is 0 Å². The maximum absolute atomic E-state index is 13.2. The van der Waals surface area contributed by atoms with Crippen LogP contribution in [-0.4, -0.2) is 44.2 Å². The van der Waals surface area contributed by atoms with Gasteiger partial charge < -0.3 is 15.4 Å². The molecular formula is C19H32N2O2. The highest BCUT2D eigenvalue weighted by Crippen LogP contribution is 2.60. The lowest BCUT2D eigenvalue weighted by Gasteiger charge is -2.58. The second-order valence-electron chi connectivity index (χ2n) is 9.18. The maximum atomic E-state index is 13.2. The normalized spacial score (nSPS) is 41.0. The standard InChI is InChI=1S/C19H32N2O2/c1-21(17(22)19(12-20)2-4-23-5-3-19)13-18-9-14-6-15(10-18)8-16(7-14)11-18/h14-16H,2-13,20H2,1H3. The number of amides is 1. The topological polar surface area (TPSA) is 55.6 Å². The predicted molar refractivity (Wildman–Crippen MR) is 89.8 cm³/mol. The number of carbonyl (C=O) groups excluding carboxylic acids is 1. The second-order valence-corrected chi connectivity index (χ2v) is 9.18. The van der Waals surface area contributed by atoms with Gasteiger partial charge in [0.05, 0.1) is 5.41 Å². The van der Waals surface area contributed by atoms with Crippen LogP contribution >= 0.6 is 0 Å². The molecule has 4 saturated carbocycles. The molecule has 1 amide bonds. The molecule has 5 rings (SSSR count). The van der Waals surface area contributed by atoms with Gasteiger partial charge in [-0.05, 0) is 74.5 Å². The van der Waals surface area contributed by atoms with E-state index in [1.54, 1.807) is 0 Å². The summed E-state index contributed by atoms with van der Waals surface area (Å²) in [5.41, 5.74) is 6.09. The van der Waals surface area contributed by atoms with E-state index in [1.807, 2.05) is 11.9 Å². The van der Waals surface area contributed by atoms with Gasteiger partial charge >= 0.3 is 0 Å². The molecule has 23 heavy (non-hydrogen) atoms. The van der Waals surface area contributed by atoms with Crippen LogP contribution in [0.1, 0.15) is 51.4 Å². The summed E-state index contributed by atoms with van der Waals surface area (Å²) >= 11 is 0. The lowest BCUT2D eigenvalue weighted by atomic mass is 9.49. The van der Waals surface area contributed by atoms with Gasteiger partial charge in [0.2, 0.25) is 5.91 Å². The SMILES string of the molecule is CN(CC12CC3CC(CC(C3)C1)C2)C(=O)C1(CN)CCOCC1. The lowest BCUT2D eigenvalue weighted by Crippen LogP contribution is -2.55. The van der Waals surface area contributed by atoms with Crippen LogP contribution < -0.4 is 5.73 Å². The molecule has 0 atom stereocenters. The quantitative estimate of drug-likeness (QED) is 0.865. The Morgan fingerprint density at radius 2 is 1.61 bits per heavy atom. The van der Waals surface area contributed by atoms with Crippen LogP contribution in [0.3, 0.4) is 0 Å². The van der Waals surface area contributed by atoms with Crippen molar-refractivity contribution in [3.05, 3.63) is 0 Å². The Hall–Kier alpha value is -0.610. The molecule has 0 spiro atoms. The molecule has 130 valence electrons. The van der Waals surface area contributed by atoms with Crippen molar-refractivity contribution in [2.75, 3.05) is 33.4 Å². The van der Waals surface area contributed by atoms with Gasteiger partial charge in [-0.3, -0.25) is 4.79 Å². The van der Waals surface area contributed by atoms with Gasteiger partial charge in [0, 0.05) is 33.4 Å². The number of carbonyl (C=O) groups is 1. The number of nitrogens with two attached hydrogens (primary N) is 1. The zero-order chi connectivity index (χ0) is 16.1. The molecule has 0 aromatic rings. The molecule has 4 bridgehead atoms. The first-order chi connectivity index (χ1) is 11.0. The van der Waals surface area contributed by atoms with Crippen LogP contribution in [0.2, 0.25) is 0 Å². The van der Waals surface area contributed by atoms with Gasteiger partial charge in [-0.15, -0.1) is 0 Å². The molecule has 5 fully saturated rings. The lowest BCUT2D eigenvalue weighted by molar-refractivity contribution is -0.150. The Kier molecular flexibility index (Phi) is 3.96. The average Bonchev–Trinajstić information content (AvgIpc) is 2.53. The highest BCUT2D eigenvalue weighted by Gasteiger charge is 2.52. The van der Waals surface area contributed by atoms with Gasteiger partial charge in [-0.2, -0.15) is 0 Å². The fourth-order valence-corrected chi connectivity index (χ4v) is 6.73. The summed E-state index contributed by atoms with van der Waals surface area (Å²) in [6, 6.07) is 0. The van der Waals surface area contributed by atoms with E-state index in [4.69, 9.17) is 10.5 Å². The first-order valence-corrected chi connectivity index (χ1v) is 9.58. The minimum Gasteiger partial charge on any atom is -0.381 e. The summed E-state index contributed by atoms with van der Waals surface area (Å²) in [6.07, 6.45) is 10.0. The van der Waals surface area contributed by atoms with Gasteiger partial charge in [0.1, 0.15) is 0 Å². The third-order valence-electron chi connectivity index (χ3n) is 7.38. The molecule has 2 N–H and O–H groups in total. The summed E-state index contributed by atoms with van der Waals surface area (Å²) in [6.45, 7) is 2.76. The van der Waals surface area contributed by atoms with Gasteiger partial charge in [-0.25, -0.2) is 0 Å². The molecule has 1 saturated heterocycles. The molecule has 4 heteroatoms. The number of hydrogen-bond donors (Lipinski definition) is 1. The van der Waals surface area contributed by atoms with Crippen molar-refractivity contribution < 1.29 is 9.53 Å². The van der Waals surface area contributed by atoms with Crippen LogP contribution in [0.4, 0.5) is 0 Å². The molecule has 0 aromatic carbocycles. The van der Waals surface area contributed by atoms with Crippen LogP contribution in [0, 0.1) is 28.6 Å². The fraction of sp³-hybridized carbons (Fsp3) is 0.947. The number of ether oxygens (including phenoxy) is 1. The summed E-state index contributed by atoms with van der Waals surface area (Å²) in [5.74, 6) is 3.10. The molecule has 4 aliphatic carbocycles. The molecule has 0 aromatic heterocycles. The van der Waals surface area contributed by atoms with E-state index >= 15 is 0 Å². The molecule has 1 heterocycles. The summed E-state index contributed by atoms with van der Waals surface area (Å²) in [7, 11) is 2.02. The van der Waals surface area contributed by atoms with Crippen molar-refractivity contribution in [1.29, 1.82) is 0 Å². The van der Waals surface area contributed by atoms with Crippen molar-refractivity contribution in [3.8, 4) is 0 Å². The van der Waals surface area contributed by atoms with Crippen molar-refractivity contribution >= 4 is 5.91 Å². The minimum atomic E-state index is -0.366. The van der Waals surface area contributed by atoms with E-state index in [9.17, 15) is 4.79 Å². The summed E-state index contributed by atoms with van der Waals surface area (Å²) in [5, 5.41) is 0. The number of hydrogen-bond acceptors (Lipinski definition) is 3. The maximum Gasteiger partial charge on any atom is 0.230 e. The summed E-state index contributed by atoms with van der Waals surface area (Å²) in [4.78, 5) is 15.2. The number of nitrogens with zero attached hydrogens (tertiary/aromatic N) is 1. The van der Waals surface area contributed by atoms with Crippen molar-refractivity contribution in [2.45, 2.75) is 51.4 Å². The van der Waals surface area contributed by atoms with Gasteiger partial charge in [0.25, 0.3) is 0 Å². The van der Waals surface area contributed by atoms with Crippen molar-refractivity contribution in [2.24, 2.45) is 34.3 Å². The summed E-state index contributed by atoms with van der Waals surface area (Å²) < 4.78 is 5.46. The van der Waals surface area contributed by atoms with E-state index in [-0.39, 0.29) is 11.3 Å². The molecule has 0 unspecified atom stereocenters. The molecule has 5 aliphatic rings. The third kappa shape index (κ3) is 2.72. The third-order valence-corrected chi connectivity index (χ3v) is 7.38. The predicted octanol–water partition coefficient (Wildman–Crippen LogP) is 2.42. The van der Waals surface area contributed by atoms with Gasteiger partial charge in [0.15, 0.2) is 0 Å². The monoisotopic (exact) mass is 320 g/mol. The Morgan fingerprint density at radius 3 is 2.09 bits per heavy atom. The van der Waals surface area contributed by atoms with E-state index in [0.29, 0.717) is 25.2 Å². The number of rotatable bonds is 4. The zero-order valence-electron chi connectivity index (χ0n) is 14.6. The smallest absolute Gasteiger partial charge is 0.230 e. The van der Waals surface area contributed by atoms with Crippen LogP contribution in [0.5, 0.6) is 0 Å². The molecule has 4 nitrogen and oxygen atoms in total. The van der Waals surface area contributed by atoms with Crippen molar-refractivity contribution in [1.82, 2.24) is 4.90 Å². The van der Waals surface area contributed by atoms with Crippen LogP contribution in [-0.2, 0) is 9.53 Å². The highest BCUT2D eigenvalue weighted by atomic mass is 16.5. The fourth-order valence-electron chi connectivity index (χ4n) is 6.73. The first kappa shape index (κ1) is 15.9. The molecule has 1 aliphatic heterocycles. The molecular weight excluding hydrogens is 288 g/mol. The second kappa shape index (κ2) is 5.73. The Morgan fingerprint density at radius 1 is 1.09 bits per heavy atom. The molecule has 0 radical (unpaired) electrons. The first-order valence-electron chi connectivity index (χ1n) is 9.58. The Labute approximate surface area is 140 Å². The zero-order valence-corrected chi connectivity index (χ0v) is 14.6. The van der Waals surface area contributed by atoms with Crippen LogP contribution in [0.25, 0.3) is 0 Å². The Bertz CT molecular complexity index is 435. The largest absolute Gasteiger partial charge is 0.381 e. The Balaban J connectivity index is 1.47. The van der Waals surface area contributed by atoms with Gasteiger partial charge in [-0.1, -0.05) is 0 Å². The average molecular weight is 320 g/mol. The van der Waals surface area contributed by atoms with Crippen LogP contribution in [0.15, 0.2) is 0 Å². The minimum absolute atomic E-state index is 0.277. The van der Waals surface area contributed by atoms with E-state index < -0.39 is 0 Å². The van der Waals surface area contributed by atoms with E-state index in [1.165, 1.54) is 38.5 Å². The van der Waals surface area contributed by atoms with E-state index in [2.05, 4.69) is 0 Å². The van der Waals surface area contributed by atoms with E-state index in [0.717, 1.165) is 37.1 Å².